The topological polar surface area (TPSA) is 55.3 Å². The Kier molecular flexibility index (Phi) is 6.59. The number of halogens is 2. The van der Waals surface area contributed by atoms with E-state index in [1.165, 1.54) is 11.3 Å². The van der Waals surface area contributed by atoms with Crippen molar-refractivity contribution in [1.29, 1.82) is 0 Å². The Hall–Kier alpha value is -1.39. The first-order valence-electron chi connectivity index (χ1n) is 7.98. The summed E-state index contributed by atoms with van der Waals surface area (Å²) in [5.74, 6) is 1.71. The lowest BCUT2D eigenvalue weighted by Gasteiger charge is -2.35. The van der Waals surface area contributed by atoms with Gasteiger partial charge in [-0.1, -0.05) is 26.8 Å². The minimum Gasteiger partial charge on any atom is -0.443 e. The van der Waals surface area contributed by atoms with Crippen molar-refractivity contribution in [2.24, 2.45) is 0 Å². The van der Waals surface area contributed by atoms with Crippen LogP contribution in [0.4, 0.5) is 11.4 Å². The summed E-state index contributed by atoms with van der Waals surface area (Å²) in [6, 6.07) is 6.26. The normalized spacial score (nSPS) is 15.1. The van der Waals surface area contributed by atoms with Crippen molar-refractivity contribution in [2.75, 3.05) is 17.2 Å². The van der Waals surface area contributed by atoms with Crippen LogP contribution in [0, 0.1) is 0 Å². The molecule has 1 aliphatic rings. The minimum atomic E-state index is -0.0186. The second kappa shape index (κ2) is 7.66. The number of hydrogen-bond acceptors (Lipinski definition) is 4. The molecule has 1 atom stereocenters. The molecule has 1 unspecified atom stereocenters. The maximum Gasteiger partial charge on any atom is 0.216 e. The molecule has 0 aliphatic carbocycles. The van der Waals surface area contributed by atoms with E-state index in [-0.39, 0.29) is 36.3 Å². The molecule has 2 aromatic rings. The number of aromatic nitrogens is 1. The Morgan fingerprint density at radius 3 is 2.58 bits per heavy atom. The highest BCUT2D eigenvalue weighted by molar-refractivity contribution is 5.85. The van der Waals surface area contributed by atoms with Gasteiger partial charge in [-0.3, -0.25) is 0 Å². The zero-order valence-corrected chi connectivity index (χ0v) is 16.3. The van der Waals surface area contributed by atoms with E-state index in [1.54, 1.807) is 0 Å². The SMILES string of the molecule is CC(c1ncc(C(C)(C)C)o1)N1CCCc2c(N)cccc21.Cl.Cl. The average molecular weight is 372 g/mol. The van der Waals surface area contributed by atoms with Crippen LogP contribution >= 0.6 is 24.8 Å². The second-order valence-electron chi connectivity index (χ2n) is 7.13. The van der Waals surface area contributed by atoms with Gasteiger partial charge in [0, 0.05) is 23.3 Å². The second-order valence-corrected chi connectivity index (χ2v) is 7.13. The molecule has 0 bridgehead atoms. The van der Waals surface area contributed by atoms with Crippen molar-refractivity contribution in [3.8, 4) is 0 Å². The summed E-state index contributed by atoms with van der Waals surface area (Å²) in [6.45, 7) is 9.57. The summed E-state index contributed by atoms with van der Waals surface area (Å²) in [6.07, 6.45) is 4.01. The molecule has 4 nitrogen and oxygen atoms in total. The number of hydrogen-bond donors (Lipinski definition) is 1. The lowest BCUT2D eigenvalue weighted by Crippen LogP contribution is -2.32. The zero-order chi connectivity index (χ0) is 15.9. The molecule has 134 valence electrons. The summed E-state index contributed by atoms with van der Waals surface area (Å²) in [5, 5.41) is 0. The molecule has 1 aliphatic heterocycles. The van der Waals surface area contributed by atoms with E-state index in [0.29, 0.717) is 0 Å². The number of nitrogens with zero attached hydrogens (tertiary/aromatic N) is 2. The minimum absolute atomic E-state index is 0. The molecule has 0 saturated heterocycles. The third kappa shape index (κ3) is 3.81. The molecule has 3 rings (SSSR count). The number of anilines is 2. The van der Waals surface area contributed by atoms with Crippen LogP contribution in [0.5, 0.6) is 0 Å². The first-order chi connectivity index (χ1) is 10.4. The molecular formula is C18H27Cl2N3O. The highest BCUT2D eigenvalue weighted by Crippen LogP contribution is 2.37. The molecule has 2 heterocycles. The smallest absolute Gasteiger partial charge is 0.216 e. The number of rotatable bonds is 2. The van der Waals surface area contributed by atoms with Crippen LogP contribution in [0.2, 0.25) is 0 Å². The molecule has 1 aromatic heterocycles. The van der Waals surface area contributed by atoms with E-state index in [1.807, 2.05) is 18.3 Å². The Morgan fingerprint density at radius 1 is 1.25 bits per heavy atom. The monoisotopic (exact) mass is 371 g/mol. The first-order valence-corrected chi connectivity index (χ1v) is 7.98. The highest BCUT2D eigenvalue weighted by atomic mass is 35.5. The third-order valence-electron chi connectivity index (χ3n) is 4.41. The number of nitrogens with two attached hydrogens (primary N) is 1. The fraction of sp³-hybridized carbons (Fsp3) is 0.500. The standard InChI is InChI=1S/C18H25N3O.2ClH/c1-12(17-20-11-16(22-17)18(2,3)4)21-10-6-7-13-14(19)8-5-9-15(13)21;;/h5,8-9,11-12H,6-7,10,19H2,1-4H3;2*1H. The number of nitrogen functional groups attached to an aromatic ring is 1. The maximum atomic E-state index is 6.14. The van der Waals surface area contributed by atoms with Crippen LogP contribution in [-0.2, 0) is 11.8 Å². The van der Waals surface area contributed by atoms with E-state index in [9.17, 15) is 0 Å². The van der Waals surface area contributed by atoms with E-state index in [4.69, 9.17) is 10.2 Å². The van der Waals surface area contributed by atoms with Gasteiger partial charge in [0.05, 0.1) is 6.20 Å². The molecule has 2 N–H and O–H groups in total. The molecule has 0 fully saturated rings. The van der Waals surface area contributed by atoms with Gasteiger partial charge in [-0.05, 0) is 37.5 Å². The molecule has 24 heavy (non-hydrogen) atoms. The molecular weight excluding hydrogens is 345 g/mol. The van der Waals surface area contributed by atoms with E-state index >= 15 is 0 Å². The molecule has 1 aromatic carbocycles. The fourth-order valence-corrected chi connectivity index (χ4v) is 3.04. The predicted octanol–water partition coefficient (Wildman–Crippen LogP) is 4.91. The Morgan fingerprint density at radius 2 is 1.96 bits per heavy atom. The Labute approximate surface area is 156 Å². The van der Waals surface area contributed by atoms with Gasteiger partial charge in [-0.15, -0.1) is 24.8 Å². The van der Waals surface area contributed by atoms with Crippen LogP contribution in [-0.4, -0.2) is 11.5 Å². The largest absolute Gasteiger partial charge is 0.443 e. The van der Waals surface area contributed by atoms with Gasteiger partial charge in [0.2, 0.25) is 5.89 Å². The van der Waals surface area contributed by atoms with Gasteiger partial charge in [-0.25, -0.2) is 4.98 Å². The van der Waals surface area contributed by atoms with Crippen molar-refractivity contribution in [1.82, 2.24) is 4.98 Å². The highest BCUT2D eigenvalue weighted by Gasteiger charge is 2.28. The summed E-state index contributed by atoms with van der Waals surface area (Å²) in [7, 11) is 0. The Bertz CT molecular complexity index is 679. The van der Waals surface area contributed by atoms with Crippen molar-refractivity contribution in [3.05, 3.63) is 41.6 Å². The van der Waals surface area contributed by atoms with Crippen LogP contribution in [0.3, 0.4) is 0 Å². The summed E-state index contributed by atoms with van der Waals surface area (Å²) in [4.78, 5) is 6.87. The van der Waals surface area contributed by atoms with Gasteiger partial charge in [0.1, 0.15) is 11.8 Å². The van der Waals surface area contributed by atoms with Gasteiger partial charge in [0.15, 0.2) is 0 Å². The molecule has 0 amide bonds. The van der Waals surface area contributed by atoms with Gasteiger partial charge < -0.3 is 15.1 Å². The average Bonchev–Trinajstić information content (AvgIpc) is 2.96. The van der Waals surface area contributed by atoms with Crippen LogP contribution in [0.1, 0.15) is 57.4 Å². The van der Waals surface area contributed by atoms with Crippen LogP contribution in [0.25, 0.3) is 0 Å². The number of benzene rings is 1. The van der Waals surface area contributed by atoms with Crippen LogP contribution in [0.15, 0.2) is 28.8 Å². The van der Waals surface area contributed by atoms with Crippen LogP contribution < -0.4 is 10.6 Å². The van der Waals surface area contributed by atoms with E-state index in [2.05, 4.69) is 43.6 Å². The number of fused-ring (bicyclic) bond motifs is 1. The van der Waals surface area contributed by atoms with Gasteiger partial charge >= 0.3 is 0 Å². The van der Waals surface area contributed by atoms with Crippen molar-refractivity contribution < 1.29 is 4.42 Å². The Balaban J connectivity index is 0.00000144. The van der Waals surface area contributed by atoms with Gasteiger partial charge in [0.25, 0.3) is 0 Å². The molecule has 0 radical (unpaired) electrons. The van der Waals surface area contributed by atoms with E-state index < -0.39 is 0 Å². The van der Waals surface area contributed by atoms with Crippen molar-refractivity contribution >= 4 is 36.2 Å². The summed E-state index contributed by atoms with van der Waals surface area (Å²) in [5.41, 5.74) is 9.48. The molecule has 0 spiro atoms. The summed E-state index contributed by atoms with van der Waals surface area (Å²) < 4.78 is 6.02. The molecule has 6 heteroatoms. The lowest BCUT2D eigenvalue weighted by atomic mass is 9.94. The third-order valence-corrected chi connectivity index (χ3v) is 4.41. The lowest BCUT2D eigenvalue weighted by molar-refractivity contribution is 0.362. The van der Waals surface area contributed by atoms with E-state index in [0.717, 1.165) is 36.7 Å². The van der Waals surface area contributed by atoms with Crippen molar-refractivity contribution in [2.45, 2.75) is 52.0 Å². The number of oxazole rings is 1. The first kappa shape index (κ1) is 20.7. The predicted molar refractivity (Wildman–Crippen MR) is 105 cm³/mol. The maximum absolute atomic E-state index is 6.14. The quantitative estimate of drug-likeness (QED) is 0.761. The van der Waals surface area contributed by atoms with Gasteiger partial charge in [-0.2, -0.15) is 0 Å². The van der Waals surface area contributed by atoms with Crippen molar-refractivity contribution in [3.63, 3.8) is 0 Å². The fourth-order valence-electron chi connectivity index (χ4n) is 3.04. The zero-order valence-electron chi connectivity index (χ0n) is 14.7. The molecule has 0 saturated carbocycles. The summed E-state index contributed by atoms with van der Waals surface area (Å²) >= 11 is 0.